The van der Waals surface area contributed by atoms with Crippen molar-refractivity contribution in [2.75, 3.05) is 11.1 Å². The van der Waals surface area contributed by atoms with Crippen LogP contribution in [0.5, 0.6) is 0 Å². The lowest BCUT2D eigenvalue weighted by Crippen LogP contribution is -2.14. The molecule has 0 aliphatic heterocycles. The van der Waals surface area contributed by atoms with Crippen LogP contribution in [0.2, 0.25) is 0 Å². The normalized spacial score (nSPS) is 11.5. The summed E-state index contributed by atoms with van der Waals surface area (Å²) in [5.41, 5.74) is 4.19. The summed E-state index contributed by atoms with van der Waals surface area (Å²) in [4.78, 5) is 31.1. The number of thioether (sulfide) groups is 1. The van der Waals surface area contributed by atoms with Gasteiger partial charge in [0.25, 0.3) is 0 Å². The van der Waals surface area contributed by atoms with E-state index in [9.17, 15) is 14.9 Å². The summed E-state index contributed by atoms with van der Waals surface area (Å²) in [5, 5.41) is 15.2. The topological polar surface area (TPSA) is 82.8 Å². The van der Waals surface area contributed by atoms with Crippen LogP contribution in [0.3, 0.4) is 0 Å². The SMILES string of the molecule is N#Cc1c(SCC(=O)Nc2ccccc2)nc2c(c1-c1cccs1)-c1ccccc1C2=O. The van der Waals surface area contributed by atoms with Crippen molar-refractivity contribution in [3.63, 3.8) is 0 Å². The molecular formula is C25H15N3O2S2. The number of carbonyl (C=O) groups is 2. The third kappa shape index (κ3) is 3.50. The highest BCUT2D eigenvalue weighted by atomic mass is 32.2. The Labute approximate surface area is 192 Å². The molecule has 0 unspecified atom stereocenters. The number of nitriles is 1. The number of benzene rings is 2. The van der Waals surface area contributed by atoms with E-state index >= 15 is 0 Å². The molecule has 5 rings (SSSR count). The molecule has 1 N–H and O–H groups in total. The molecule has 0 saturated carbocycles. The zero-order valence-corrected chi connectivity index (χ0v) is 18.3. The molecule has 2 heterocycles. The summed E-state index contributed by atoms with van der Waals surface area (Å²) in [6.45, 7) is 0. The Kier molecular flexibility index (Phi) is 5.31. The van der Waals surface area contributed by atoms with Crippen LogP contribution < -0.4 is 5.32 Å². The largest absolute Gasteiger partial charge is 0.325 e. The van der Waals surface area contributed by atoms with Crippen molar-refractivity contribution in [2.24, 2.45) is 0 Å². The van der Waals surface area contributed by atoms with E-state index in [-0.39, 0.29) is 17.4 Å². The quantitative estimate of drug-likeness (QED) is 0.349. The first-order chi connectivity index (χ1) is 15.7. The second-order valence-corrected chi connectivity index (χ2v) is 8.97. The molecule has 0 atom stereocenters. The van der Waals surface area contributed by atoms with E-state index in [1.165, 1.54) is 11.3 Å². The highest BCUT2D eigenvalue weighted by Gasteiger charge is 2.34. The van der Waals surface area contributed by atoms with E-state index < -0.39 is 0 Å². The van der Waals surface area contributed by atoms with E-state index in [4.69, 9.17) is 0 Å². The fourth-order valence-corrected chi connectivity index (χ4v) is 5.32. The summed E-state index contributed by atoms with van der Waals surface area (Å²) in [6.07, 6.45) is 0. The van der Waals surface area contributed by atoms with Gasteiger partial charge in [-0.15, -0.1) is 11.3 Å². The number of hydrogen-bond acceptors (Lipinski definition) is 6. The van der Waals surface area contributed by atoms with Gasteiger partial charge in [0.05, 0.1) is 11.3 Å². The Morgan fingerprint density at radius 1 is 1.00 bits per heavy atom. The molecule has 0 radical (unpaired) electrons. The van der Waals surface area contributed by atoms with Crippen LogP contribution in [0.4, 0.5) is 5.69 Å². The second-order valence-electron chi connectivity index (χ2n) is 7.06. The maximum absolute atomic E-state index is 13.1. The lowest BCUT2D eigenvalue weighted by molar-refractivity contribution is -0.113. The van der Waals surface area contributed by atoms with Crippen molar-refractivity contribution < 1.29 is 9.59 Å². The minimum Gasteiger partial charge on any atom is -0.325 e. The number of para-hydroxylation sites is 1. The molecule has 4 aromatic rings. The Balaban J connectivity index is 1.57. The predicted molar refractivity (Wildman–Crippen MR) is 127 cm³/mol. The molecule has 5 nitrogen and oxygen atoms in total. The molecule has 0 bridgehead atoms. The fraction of sp³-hybridized carbons (Fsp3) is 0.0400. The third-order valence-corrected chi connectivity index (χ3v) is 6.96. The Bertz CT molecular complexity index is 1390. The molecule has 2 aromatic heterocycles. The average Bonchev–Trinajstić information content (AvgIpc) is 3.45. The van der Waals surface area contributed by atoms with E-state index in [1.54, 1.807) is 6.07 Å². The van der Waals surface area contributed by atoms with Crippen LogP contribution in [0.1, 0.15) is 21.6 Å². The summed E-state index contributed by atoms with van der Waals surface area (Å²) < 4.78 is 0. The van der Waals surface area contributed by atoms with Gasteiger partial charge in [-0.25, -0.2) is 4.98 Å². The van der Waals surface area contributed by atoms with Crippen molar-refractivity contribution in [1.82, 2.24) is 4.98 Å². The number of aromatic nitrogens is 1. The van der Waals surface area contributed by atoms with E-state index in [0.29, 0.717) is 38.7 Å². The van der Waals surface area contributed by atoms with Crippen LogP contribution in [0.15, 0.2) is 77.1 Å². The minimum atomic E-state index is -0.209. The average molecular weight is 454 g/mol. The van der Waals surface area contributed by atoms with Crippen molar-refractivity contribution in [3.8, 4) is 27.6 Å². The molecular weight excluding hydrogens is 438 g/mol. The smallest absolute Gasteiger partial charge is 0.234 e. The zero-order valence-electron chi connectivity index (χ0n) is 16.7. The van der Waals surface area contributed by atoms with Gasteiger partial charge < -0.3 is 5.32 Å². The zero-order chi connectivity index (χ0) is 22.1. The molecule has 2 aromatic carbocycles. The molecule has 0 saturated heterocycles. The first-order valence-electron chi connectivity index (χ1n) is 9.81. The highest BCUT2D eigenvalue weighted by molar-refractivity contribution is 8.00. The number of anilines is 1. The summed E-state index contributed by atoms with van der Waals surface area (Å²) in [7, 11) is 0. The Hall–Kier alpha value is -3.73. The summed E-state index contributed by atoms with van der Waals surface area (Å²) in [5.74, 6) is -0.298. The standard InChI is InChI=1S/C25H15N3O2S2/c26-13-18-21(19-11-6-12-31-19)22-16-9-4-5-10-17(16)24(30)23(22)28-25(18)32-14-20(29)27-15-7-2-1-3-8-15/h1-12H,14H2,(H,27,29). The first-order valence-corrected chi connectivity index (χ1v) is 11.7. The number of hydrogen-bond donors (Lipinski definition) is 1. The lowest BCUT2D eigenvalue weighted by Gasteiger charge is -2.13. The number of pyridine rings is 1. The Morgan fingerprint density at radius 3 is 2.47 bits per heavy atom. The van der Waals surface area contributed by atoms with Crippen molar-refractivity contribution in [2.45, 2.75) is 5.03 Å². The lowest BCUT2D eigenvalue weighted by atomic mass is 9.97. The summed E-state index contributed by atoms with van der Waals surface area (Å²) in [6, 6.07) is 22.7. The van der Waals surface area contributed by atoms with E-state index in [1.807, 2.05) is 66.0 Å². The Morgan fingerprint density at radius 2 is 1.75 bits per heavy atom. The van der Waals surface area contributed by atoms with Gasteiger partial charge >= 0.3 is 0 Å². The molecule has 1 aliphatic carbocycles. The highest BCUT2D eigenvalue weighted by Crippen LogP contribution is 2.46. The molecule has 1 aliphatic rings. The number of amides is 1. The number of nitrogens with one attached hydrogen (secondary N) is 1. The second kappa shape index (κ2) is 8.42. The van der Waals surface area contributed by atoms with E-state index in [0.717, 1.165) is 22.2 Å². The molecule has 0 fully saturated rings. The maximum atomic E-state index is 13.1. The number of thiophene rings is 1. The summed E-state index contributed by atoms with van der Waals surface area (Å²) >= 11 is 2.67. The molecule has 1 amide bonds. The number of nitrogens with zero attached hydrogens (tertiary/aromatic N) is 2. The number of rotatable bonds is 5. The van der Waals surface area contributed by atoms with Gasteiger partial charge in [-0.05, 0) is 29.1 Å². The van der Waals surface area contributed by atoms with Gasteiger partial charge in [-0.3, -0.25) is 9.59 Å². The van der Waals surface area contributed by atoms with Gasteiger partial charge in [-0.1, -0.05) is 60.3 Å². The molecule has 32 heavy (non-hydrogen) atoms. The van der Waals surface area contributed by atoms with Crippen LogP contribution in [-0.4, -0.2) is 22.4 Å². The van der Waals surface area contributed by atoms with Crippen LogP contribution in [0.25, 0.3) is 21.6 Å². The molecule has 0 spiro atoms. The van der Waals surface area contributed by atoms with Crippen LogP contribution >= 0.6 is 23.1 Å². The first kappa shape index (κ1) is 20.2. The van der Waals surface area contributed by atoms with Crippen molar-refractivity contribution in [3.05, 3.63) is 88.9 Å². The molecule has 154 valence electrons. The van der Waals surface area contributed by atoms with Gasteiger partial charge in [0.15, 0.2) is 0 Å². The maximum Gasteiger partial charge on any atom is 0.234 e. The monoisotopic (exact) mass is 453 g/mol. The van der Waals surface area contributed by atoms with Crippen molar-refractivity contribution in [1.29, 1.82) is 5.26 Å². The number of ketones is 1. The molecule has 7 heteroatoms. The van der Waals surface area contributed by atoms with Gasteiger partial charge in [0, 0.05) is 27.3 Å². The van der Waals surface area contributed by atoms with E-state index in [2.05, 4.69) is 16.4 Å². The van der Waals surface area contributed by atoms with Gasteiger partial charge in [0.1, 0.15) is 16.8 Å². The predicted octanol–water partition coefficient (Wildman–Crippen LogP) is 5.62. The third-order valence-electron chi connectivity index (χ3n) is 5.10. The number of carbonyl (C=O) groups excluding carboxylic acids is 2. The number of fused-ring (bicyclic) bond motifs is 3. The van der Waals surface area contributed by atoms with Gasteiger partial charge in [-0.2, -0.15) is 5.26 Å². The van der Waals surface area contributed by atoms with Crippen molar-refractivity contribution >= 4 is 40.5 Å². The van der Waals surface area contributed by atoms with Crippen LogP contribution in [0, 0.1) is 11.3 Å². The van der Waals surface area contributed by atoms with Gasteiger partial charge in [0.2, 0.25) is 11.7 Å². The fourth-order valence-electron chi connectivity index (χ4n) is 3.74. The minimum absolute atomic E-state index is 0.0698. The van der Waals surface area contributed by atoms with Crippen LogP contribution in [-0.2, 0) is 4.79 Å².